The standard InChI is InChI=1S/C10H12FNO2S/c1-2-3-10(13)12-15(14)9-6-4-8(11)5-7-9/h4-7H,2-3H2,1H3,(H,12,13)/t15-/m0/s1. The van der Waals surface area contributed by atoms with Gasteiger partial charge in [-0.2, -0.15) is 0 Å². The molecule has 1 aromatic carbocycles. The Hall–Kier alpha value is -1.23. The summed E-state index contributed by atoms with van der Waals surface area (Å²) in [5, 5.41) is 0. The zero-order chi connectivity index (χ0) is 11.3. The highest BCUT2D eigenvalue weighted by atomic mass is 32.2. The van der Waals surface area contributed by atoms with E-state index < -0.39 is 16.8 Å². The molecule has 1 aromatic rings. The summed E-state index contributed by atoms with van der Waals surface area (Å²) in [4.78, 5) is 11.5. The van der Waals surface area contributed by atoms with E-state index in [9.17, 15) is 13.4 Å². The minimum absolute atomic E-state index is 0.264. The van der Waals surface area contributed by atoms with Gasteiger partial charge in [0.05, 0.1) is 4.90 Å². The van der Waals surface area contributed by atoms with E-state index in [1.807, 2.05) is 6.92 Å². The number of benzene rings is 1. The fourth-order valence-electron chi connectivity index (χ4n) is 0.999. The molecule has 15 heavy (non-hydrogen) atoms. The predicted molar refractivity (Wildman–Crippen MR) is 55.9 cm³/mol. The Morgan fingerprint density at radius 1 is 1.40 bits per heavy atom. The molecular formula is C10H12FNO2S. The first kappa shape index (κ1) is 11.8. The molecule has 82 valence electrons. The van der Waals surface area contributed by atoms with Crippen LogP contribution >= 0.6 is 0 Å². The summed E-state index contributed by atoms with van der Waals surface area (Å²) in [6, 6.07) is 5.19. The summed E-state index contributed by atoms with van der Waals surface area (Å²) in [7, 11) is -1.59. The van der Waals surface area contributed by atoms with Crippen molar-refractivity contribution in [3.63, 3.8) is 0 Å². The van der Waals surface area contributed by atoms with Gasteiger partial charge in [-0.3, -0.25) is 9.52 Å². The monoisotopic (exact) mass is 229 g/mol. The van der Waals surface area contributed by atoms with Gasteiger partial charge in [-0.15, -0.1) is 0 Å². The molecular weight excluding hydrogens is 217 g/mol. The molecule has 0 bridgehead atoms. The maximum absolute atomic E-state index is 12.5. The molecule has 5 heteroatoms. The SMILES string of the molecule is CCCC(=O)N[S@@](=O)c1ccc(F)cc1. The van der Waals surface area contributed by atoms with Gasteiger partial charge in [0.25, 0.3) is 0 Å². The van der Waals surface area contributed by atoms with E-state index in [-0.39, 0.29) is 5.91 Å². The summed E-state index contributed by atoms with van der Waals surface area (Å²) in [5.74, 6) is -0.657. The van der Waals surface area contributed by atoms with Crippen LogP contribution < -0.4 is 4.72 Å². The van der Waals surface area contributed by atoms with Crippen molar-refractivity contribution in [1.82, 2.24) is 4.72 Å². The van der Waals surface area contributed by atoms with Crippen LogP contribution in [-0.4, -0.2) is 10.1 Å². The topological polar surface area (TPSA) is 46.2 Å². The van der Waals surface area contributed by atoms with Crippen LogP contribution in [0.2, 0.25) is 0 Å². The maximum Gasteiger partial charge on any atom is 0.231 e. The van der Waals surface area contributed by atoms with Gasteiger partial charge in [-0.25, -0.2) is 8.60 Å². The summed E-state index contributed by atoms with van der Waals surface area (Å²) < 4.78 is 26.4. The molecule has 0 saturated heterocycles. The molecule has 0 aromatic heterocycles. The average molecular weight is 229 g/mol. The molecule has 0 fully saturated rings. The summed E-state index contributed by atoms with van der Waals surface area (Å²) in [6.07, 6.45) is 1.04. The fourth-order valence-corrected chi connectivity index (χ4v) is 1.81. The van der Waals surface area contributed by atoms with Gasteiger partial charge >= 0.3 is 0 Å². The lowest BCUT2D eigenvalue weighted by Crippen LogP contribution is -2.25. The summed E-state index contributed by atoms with van der Waals surface area (Å²) >= 11 is 0. The molecule has 1 amide bonds. The Morgan fingerprint density at radius 3 is 2.53 bits per heavy atom. The Kier molecular flexibility index (Phi) is 4.42. The lowest BCUT2D eigenvalue weighted by molar-refractivity contribution is -0.119. The van der Waals surface area contributed by atoms with Gasteiger partial charge in [0, 0.05) is 6.42 Å². The average Bonchev–Trinajstić information content (AvgIpc) is 2.18. The van der Waals surface area contributed by atoms with Gasteiger partial charge < -0.3 is 0 Å². The van der Waals surface area contributed by atoms with Crippen LogP contribution in [0.1, 0.15) is 19.8 Å². The third-order valence-electron chi connectivity index (χ3n) is 1.71. The molecule has 3 nitrogen and oxygen atoms in total. The van der Waals surface area contributed by atoms with E-state index in [2.05, 4.69) is 4.72 Å². The van der Waals surface area contributed by atoms with Crippen molar-refractivity contribution < 1.29 is 13.4 Å². The summed E-state index contributed by atoms with van der Waals surface area (Å²) in [5.41, 5.74) is 0. The van der Waals surface area contributed by atoms with E-state index >= 15 is 0 Å². The van der Waals surface area contributed by atoms with Crippen LogP contribution in [0.4, 0.5) is 4.39 Å². The zero-order valence-electron chi connectivity index (χ0n) is 8.33. The van der Waals surface area contributed by atoms with E-state index in [0.29, 0.717) is 17.7 Å². The van der Waals surface area contributed by atoms with Crippen molar-refractivity contribution in [1.29, 1.82) is 0 Å². The molecule has 0 aliphatic heterocycles. The first-order valence-electron chi connectivity index (χ1n) is 4.60. The first-order chi connectivity index (χ1) is 7.13. The fraction of sp³-hybridized carbons (Fsp3) is 0.300. The second kappa shape index (κ2) is 5.60. The van der Waals surface area contributed by atoms with Gasteiger partial charge in [0.15, 0.2) is 11.0 Å². The normalized spacial score (nSPS) is 12.1. The Bertz CT molecular complexity index is 364. The molecule has 0 unspecified atom stereocenters. The van der Waals surface area contributed by atoms with Crippen molar-refractivity contribution in [2.45, 2.75) is 24.7 Å². The predicted octanol–water partition coefficient (Wildman–Crippen LogP) is 1.76. The molecule has 1 N–H and O–H groups in total. The Balaban J connectivity index is 2.61. The highest BCUT2D eigenvalue weighted by molar-refractivity contribution is 7.83. The second-order valence-electron chi connectivity index (χ2n) is 3.00. The molecule has 0 heterocycles. The van der Waals surface area contributed by atoms with Crippen LogP contribution in [0.3, 0.4) is 0 Å². The molecule has 0 spiro atoms. The second-order valence-corrected chi connectivity index (χ2v) is 4.21. The molecule has 1 atom stereocenters. The molecule has 0 aliphatic rings. The number of hydrogen-bond acceptors (Lipinski definition) is 2. The molecule has 0 aliphatic carbocycles. The van der Waals surface area contributed by atoms with Crippen LogP contribution in [0, 0.1) is 5.82 Å². The van der Waals surface area contributed by atoms with Gasteiger partial charge in [0.2, 0.25) is 5.91 Å². The van der Waals surface area contributed by atoms with Crippen molar-refractivity contribution in [3.8, 4) is 0 Å². The van der Waals surface area contributed by atoms with Crippen molar-refractivity contribution in [2.75, 3.05) is 0 Å². The van der Waals surface area contributed by atoms with Gasteiger partial charge in [-0.05, 0) is 30.7 Å². The minimum Gasteiger partial charge on any atom is -0.274 e. The van der Waals surface area contributed by atoms with E-state index in [0.717, 1.165) is 0 Å². The minimum atomic E-state index is -1.59. The smallest absolute Gasteiger partial charge is 0.231 e. The number of hydrogen-bond donors (Lipinski definition) is 1. The highest BCUT2D eigenvalue weighted by Crippen LogP contribution is 2.06. The van der Waals surface area contributed by atoms with E-state index in [1.165, 1.54) is 24.3 Å². The molecule has 1 rings (SSSR count). The van der Waals surface area contributed by atoms with E-state index in [1.54, 1.807) is 0 Å². The van der Waals surface area contributed by atoms with Crippen molar-refractivity contribution in [3.05, 3.63) is 30.1 Å². The van der Waals surface area contributed by atoms with Crippen molar-refractivity contribution in [2.24, 2.45) is 0 Å². The van der Waals surface area contributed by atoms with Crippen LogP contribution in [0.25, 0.3) is 0 Å². The number of halogens is 1. The zero-order valence-corrected chi connectivity index (χ0v) is 9.14. The Labute approximate surface area is 90.3 Å². The number of nitrogens with one attached hydrogen (secondary N) is 1. The van der Waals surface area contributed by atoms with Crippen LogP contribution in [-0.2, 0) is 15.8 Å². The summed E-state index contributed by atoms with van der Waals surface area (Å²) in [6.45, 7) is 1.86. The van der Waals surface area contributed by atoms with Gasteiger partial charge in [-0.1, -0.05) is 6.92 Å². The van der Waals surface area contributed by atoms with E-state index in [4.69, 9.17) is 0 Å². The lowest BCUT2D eigenvalue weighted by Gasteiger charge is -2.03. The lowest BCUT2D eigenvalue weighted by atomic mass is 10.3. The van der Waals surface area contributed by atoms with Crippen molar-refractivity contribution >= 4 is 16.9 Å². The number of carbonyl (C=O) groups is 1. The Morgan fingerprint density at radius 2 is 2.00 bits per heavy atom. The third kappa shape index (κ3) is 3.79. The van der Waals surface area contributed by atoms with Gasteiger partial charge in [0.1, 0.15) is 5.82 Å². The number of amides is 1. The maximum atomic E-state index is 12.5. The first-order valence-corrected chi connectivity index (χ1v) is 5.75. The third-order valence-corrected chi connectivity index (χ3v) is 2.82. The van der Waals surface area contributed by atoms with Crippen LogP contribution in [0.15, 0.2) is 29.2 Å². The number of rotatable bonds is 4. The number of carbonyl (C=O) groups excluding carboxylic acids is 1. The highest BCUT2D eigenvalue weighted by Gasteiger charge is 2.07. The largest absolute Gasteiger partial charge is 0.274 e. The molecule has 0 radical (unpaired) electrons. The van der Waals surface area contributed by atoms with Crippen LogP contribution in [0.5, 0.6) is 0 Å². The molecule has 0 saturated carbocycles. The quantitative estimate of drug-likeness (QED) is 0.855.